The van der Waals surface area contributed by atoms with Gasteiger partial charge in [-0.05, 0) is 35.9 Å². The van der Waals surface area contributed by atoms with Crippen molar-refractivity contribution in [2.24, 2.45) is 0 Å². The summed E-state index contributed by atoms with van der Waals surface area (Å²) in [5.74, 6) is -0.941. The highest BCUT2D eigenvalue weighted by Gasteiger charge is 2.22. The fourth-order valence-corrected chi connectivity index (χ4v) is 1.56. The third kappa shape index (κ3) is 2.86. The van der Waals surface area contributed by atoms with E-state index in [1.165, 1.54) is 24.3 Å². The molecule has 2 aromatic rings. The van der Waals surface area contributed by atoms with Crippen molar-refractivity contribution in [2.45, 2.75) is 0 Å². The summed E-state index contributed by atoms with van der Waals surface area (Å²) in [4.78, 5) is 17.4. The number of nitro groups is 1. The molecular weight excluding hydrogens is 277 g/mol. The number of anilines is 3. The summed E-state index contributed by atoms with van der Waals surface area (Å²) in [6, 6.07) is 5.18. The highest BCUT2D eigenvalue weighted by atomic mass is 35.5. The van der Waals surface area contributed by atoms with Gasteiger partial charge >= 0.3 is 5.69 Å². The number of nitrogen functional groups attached to an aromatic ring is 1. The average molecular weight is 284 g/mol. The summed E-state index contributed by atoms with van der Waals surface area (Å²) < 4.78 is 12.8. The van der Waals surface area contributed by atoms with Crippen molar-refractivity contribution >= 4 is 34.6 Å². The van der Waals surface area contributed by atoms with Crippen molar-refractivity contribution in [2.75, 3.05) is 11.1 Å². The van der Waals surface area contributed by atoms with E-state index in [0.29, 0.717) is 5.69 Å². The van der Waals surface area contributed by atoms with E-state index < -0.39 is 16.4 Å². The van der Waals surface area contributed by atoms with E-state index in [-0.39, 0.29) is 16.9 Å². The molecule has 0 radical (unpaired) electrons. The summed E-state index contributed by atoms with van der Waals surface area (Å²) in [5.41, 5.74) is 5.33. The van der Waals surface area contributed by atoms with Gasteiger partial charge in [-0.25, -0.2) is 4.39 Å². The zero-order chi connectivity index (χ0) is 14.0. The Hall–Kier alpha value is -2.48. The van der Waals surface area contributed by atoms with Crippen LogP contribution in [0.2, 0.25) is 5.28 Å². The lowest BCUT2D eigenvalue weighted by Gasteiger charge is -2.07. The quantitative estimate of drug-likeness (QED) is 0.509. The molecule has 19 heavy (non-hydrogen) atoms. The van der Waals surface area contributed by atoms with Crippen LogP contribution in [-0.4, -0.2) is 14.9 Å². The van der Waals surface area contributed by atoms with E-state index in [1.54, 1.807) is 0 Å². The van der Waals surface area contributed by atoms with E-state index in [2.05, 4.69) is 15.3 Å². The predicted molar refractivity (Wildman–Crippen MR) is 67.8 cm³/mol. The van der Waals surface area contributed by atoms with Crippen molar-refractivity contribution in [3.05, 3.63) is 45.5 Å². The van der Waals surface area contributed by atoms with Gasteiger partial charge in [0, 0.05) is 5.69 Å². The first kappa shape index (κ1) is 13.0. The van der Waals surface area contributed by atoms with Crippen LogP contribution in [0.3, 0.4) is 0 Å². The van der Waals surface area contributed by atoms with Crippen LogP contribution in [0.1, 0.15) is 0 Å². The van der Waals surface area contributed by atoms with E-state index in [0.717, 1.165) is 0 Å². The molecule has 0 saturated heterocycles. The predicted octanol–water partition coefficient (Wildman–Crippen LogP) is 2.50. The van der Waals surface area contributed by atoms with Crippen LogP contribution < -0.4 is 11.1 Å². The highest BCUT2D eigenvalue weighted by Crippen LogP contribution is 2.31. The number of halogens is 2. The fourth-order valence-electron chi connectivity index (χ4n) is 1.38. The zero-order valence-corrected chi connectivity index (χ0v) is 10.1. The van der Waals surface area contributed by atoms with Crippen LogP contribution in [0.4, 0.5) is 27.4 Å². The molecule has 0 unspecified atom stereocenters. The van der Waals surface area contributed by atoms with E-state index in [4.69, 9.17) is 17.3 Å². The van der Waals surface area contributed by atoms with Crippen LogP contribution in [0, 0.1) is 15.9 Å². The summed E-state index contributed by atoms with van der Waals surface area (Å²) in [6.45, 7) is 0. The number of benzene rings is 1. The van der Waals surface area contributed by atoms with Crippen LogP contribution in [-0.2, 0) is 0 Å². The molecule has 7 nitrogen and oxygen atoms in total. The van der Waals surface area contributed by atoms with E-state index in [1.807, 2.05) is 0 Å². The monoisotopic (exact) mass is 283 g/mol. The molecule has 0 bridgehead atoms. The Kier molecular flexibility index (Phi) is 3.43. The van der Waals surface area contributed by atoms with Gasteiger partial charge in [0.1, 0.15) is 5.82 Å². The van der Waals surface area contributed by atoms with Crippen LogP contribution in [0.25, 0.3) is 0 Å². The second-order valence-electron chi connectivity index (χ2n) is 3.46. The van der Waals surface area contributed by atoms with Crippen molar-refractivity contribution in [1.29, 1.82) is 0 Å². The first-order valence-electron chi connectivity index (χ1n) is 4.97. The third-order valence-electron chi connectivity index (χ3n) is 2.17. The normalized spacial score (nSPS) is 10.2. The van der Waals surface area contributed by atoms with E-state index in [9.17, 15) is 14.5 Å². The summed E-state index contributed by atoms with van der Waals surface area (Å²) in [7, 11) is 0. The molecule has 0 aliphatic carbocycles. The second-order valence-corrected chi connectivity index (χ2v) is 3.80. The third-order valence-corrected chi connectivity index (χ3v) is 2.34. The minimum Gasteiger partial charge on any atom is -0.378 e. The van der Waals surface area contributed by atoms with Gasteiger partial charge in [-0.1, -0.05) is 0 Å². The first-order chi connectivity index (χ1) is 8.97. The minimum atomic E-state index is -0.725. The molecule has 0 saturated carbocycles. The fraction of sp³-hybridized carbons (Fsp3) is 0. The molecule has 98 valence electrons. The summed E-state index contributed by atoms with van der Waals surface area (Å²) >= 11 is 5.59. The van der Waals surface area contributed by atoms with Gasteiger partial charge in [-0.3, -0.25) is 10.1 Å². The number of rotatable bonds is 3. The van der Waals surface area contributed by atoms with Gasteiger partial charge in [-0.2, -0.15) is 9.97 Å². The lowest BCUT2D eigenvalue weighted by atomic mass is 10.3. The topological polar surface area (TPSA) is 107 Å². The maximum atomic E-state index is 12.8. The molecule has 1 aromatic carbocycles. The van der Waals surface area contributed by atoms with Crippen LogP contribution in [0.5, 0.6) is 0 Å². The number of nitrogens with two attached hydrogens (primary N) is 1. The molecular formula is C10H7ClFN5O2. The maximum Gasteiger partial charge on any atom is 0.353 e. The van der Waals surface area contributed by atoms with Gasteiger partial charge < -0.3 is 11.1 Å². The Morgan fingerprint density at radius 1 is 1.32 bits per heavy atom. The van der Waals surface area contributed by atoms with Gasteiger partial charge in [0.15, 0.2) is 0 Å². The molecule has 1 aromatic heterocycles. The zero-order valence-electron chi connectivity index (χ0n) is 9.30. The Balaban J connectivity index is 2.44. The molecule has 3 N–H and O–H groups in total. The van der Waals surface area contributed by atoms with Gasteiger partial charge in [-0.15, -0.1) is 0 Å². The molecule has 0 spiro atoms. The average Bonchev–Trinajstić information content (AvgIpc) is 2.30. The lowest BCUT2D eigenvalue weighted by Crippen LogP contribution is -2.06. The van der Waals surface area contributed by atoms with Crippen LogP contribution >= 0.6 is 11.6 Å². The molecule has 0 aliphatic rings. The van der Waals surface area contributed by atoms with Gasteiger partial charge in [0.05, 0.1) is 4.92 Å². The number of nitrogens with one attached hydrogen (secondary N) is 1. The Bertz CT molecular complexity index is 635. The highest BCUT2D eigenvalue weighted by molar-refractivity contribution is 6.28. The summed E-state index contributed by atoms with van der Waals surface area (Å²) in [5, 5.41) is 13.3. The van der Waals surface area contributed by atoms with Crippen molar-refractivity contribution in [3.63, 3.8) is 0 Å². The largest absolute Gasteiger partial charge is 0.378 e. The molecule has 9 heteroatoms. The summed E-state index contributed by atoms with van der Waals surface area (Å²) in [6.07, 6.45) is 0. The van der Waals surface area contributed by atoms with Crippen molar-refractivity contribution in [3.8, 4) is 0 Å². The Morgan fingerprint density at radius 3 is 2.53 bits per heavy atom. The molecule has 1 heterocycles. The Labute approximate surface area is 111 Å². The molecule has 0 amide bonds. The number of nitrogens with zero attached hydrogens (tertiary/aromatic N) is 3. The number of hydrogen-bond donors (Lipinski definition) is 2. The van der Waals surface area contributed by atoms with Gasteiger partial charge in [0.2, 0.25) is 16.9 Å². The maximum absolute atomic E-state index is 12.8. The smallest absolute Gasteiger partial charge is 0.353 e. The molecule has 0 fully saturated rings. The van der Waals surface area contributed by atoms with Gasteiger partial charge in [0.25, 0.3) is 0 Å². The van der Waals surface area contributed by atoms with Crippen LogP contribution in [0.15, 0.2) is 24.3 Å². The van der Waals surface area contributed by atoms with E-state index >= 15 is 0 Å². The number of aromatic nitrogens is 2. The standard InChI is InChI=1S/C10H7ClFN5O2/c11-10-15-8(13)7(17(18)19)9(16-10)14-6-3-1-5(12)2-4-6/h1-4H,(H3,13,14,15,16). The molecule has 0 atom stereocenters. The molecule has 0 aliphatic heterocycles. The Morgan fingerprint density at radius 2 is 1.95 bits per heavy atom. The SMILES string of the molecule is Nc1nc(Cl)nc(Nc2ccc(F)cc2)c1[N+](=O)[O-]. The van der Waals surface area contributed by atoms with Crippen molar-refractivity contribution in [1.82, 2.24) is 9.97 Å². The molecule has 2 rings (SSSR count). The minimum absolute atomic E-state index is 0.158. The number of hydrogen-bond acceptors (Lipinski definition) is 6. The van der Waals surface area contributed by atoms with Crippen molar-refractivity contribution < 1.29 is 9.31 Å². The lowest BCUT2D eigenvalue weighted by molar-refractivity contribution is -0.383. The second kappa shape index (κ2) is 5.02. The first-order valence-corrected chi connectivity index (χ1v) is 5.35.